The molecule has 0 radical (unpaired) electrons. The van der Waals surface area contributed by atoms with Crippen LogP contribution in [0, 0.1) is 6.92 Å². The number of methoxy groups -OCH3 is 1. The van der Waals surface area contributed by atoms with Crippen LogP contribution < -0.4 is 0 Å². The molecule has 6 nitrogen and oxygen atoms in total. The van der Waals surface area contributed by atoms with Crippen LogP contribution in [0.2, 0.25) is 0 Å². The molecular formula is C11H13N3O3. The number of aliphatic hydroxyl groups excluding tert-OH is 1. The van der Waals surface area contributed by atoms with E-state index in [0.717, 1.165) is 0 Å². The maximum Gasteiger partial charge on any atom is 0.338 e. The molecule has 0 bridgehead atoms. The van der Waals surface area contributed by atoms with Gasteiger partial charge in [-0.25, -0.2) is 4.79 Å². The molecule has 1 rings (SSSR count). The Morgan fingerprint density at radius 2 is 2.35 bits per heavy atom. The second-order valence-corrected chi connectivity index (χ2v) is 3.47. The molecule has 0 aromatic heterocycles. The molecule has 1 unspecified atom stereocenters. The number of aliphatic hydroxyl groups is 1. The number of hydrogen-bond acceptors (Lipinski definition) is 4. The zero-order valence-electron chi connectivity index (χ0n) is 9.62. The molecule has 90 valence electrons. The van der Waals surface area contributed by atoms with Crippen molar-refractivity contribution < 1.29 is 14.6 Å². The molecule has 17 heavy (non-hydrogen) atoms. The summed E-state index contributed by atoms with van der Waals surface area (Å²) in [5.74, 6) is -0.418. The highest BCUT2D eigenvalue weighted by Crippen LogP contribution is 2.20. The predicted molar refractivity (Wildman–Crippen MR) is 61.5 cm³/mol. The lowest BCUT2D eigenvalue weighted by Gasteiger charge is -2.10. The first-order chi connectivity index (χ1) is 8.13. The fraction of sp³-hybridized carbons (Fsp3) is 0.364. The minimum atomic E-state index is -0.634. The minimum absolute atomic E-state index is 0.277. The maximum absolute atomic E-state index is 11.4. The molecule has 0 saturated heterocycles. The Labute approximate surface area is 98.5 Å². The molecule has 0 aliphatic rings. The molecule has 0 aliphatic heterocycles. The zero-order chi connectivity index (χ0) is 12.8. The van der Waals surface area contributed by atoms with Crippen LogP contribution in [0.5, 0.6) is 0 Å². The van der Waals surface area contributed by atoms with E-state index in [0.29, 0.717) is 16.7 Å². The molecule has 6 heteroatoms. The molecule has 0 amide bonds. The van der Waals surface area contributed by atoms with Gasteiger partial charge in [-0.15, -0.1) is 0 Å². The topological polar surface area (TPSA) is 95.3 Å². The van der Waals surface area contributed by atoms with Gasteiger partial charge < -0.3 is 9.84 Å². The third kappa shape index (κ3) is 2.96. The number of carbonyl (C=O) groups is 1. The van der Waals surface area contributed by atoms with E-state index in [9.17, 15) is 4.79 Å². The molecule has 1 atom stereocenters. The largest absolute Gasteiger partial charge is 0.465 e. The van der Waals surface area contributed by atoms with Gasteiger partial charge in [-0.05, 0) is 29.6 Å². The third-order valence-electron chi connectivity index (χ3n) is 2.40. The molecule has 1 aromatic carbocycles. The first-order valence-corrected chi connectivity index (χ1v) is 4.98. The van der Waals surface area contributed by atoms with Crippen LogP contribution in [0.3, 0.4) is 0 Å². The van der Waals surface area contributed by atoms with Gasteiger partial charge in [0.25, 0.3) is 0 Å². The summed E-state index contributed by atoms with van der Waals surface area (Å²) in [6.45, 7) is 1.47. The predicted octanol–water partition coefficient (Wildman–Crippen LogP) is 2.13. The lowest BCUT2D eigenvalue weighted by Crippen LogP contribution is -2.06. The van der Waals surface area contributed by atoms with Crippen molar-refractivity contribution in [2.45, 2.75) is 13.0 Å². The van der Waals surface area contributed by atoms with E-state index in [1.165, 1.54) is 7.11 Å². The summed E-state index contributed by atoms with van der Waals surface area (Å²) in [6.07, 6.45) is 0. The Balaban J connectivity index is 3.11. The number of esters is 1. The molecule has 1 aromatic rings. The van der Waals surface area contributed by atoms with Gasteiger partial charge in [-0.2, -0.15) is 0 Å². The zero-order valence-corrected chi connectivity index (χ0v) is 9.62. The Morgan fingerprint density at radius 3 is 2.82 bits per heavy atom. The van der Waals surface area contributed by atoms with E-state index in [4.69, 9.17) is 10.6 Å². The van der Waals surface area contributed by atoms with Crippen molar-refractivity contribution in [2.75, 3.05) is 13.7 Å². The molecular weight excluding hydrogens is 222 g/mol. The summed E-state index contributed by atoms with van der Waals surface area (Å²) in [6, 6.07) is 4.29. The number of azide groups is 1. The highest BCUT2D eigenvalue weighted by molar-refractivity contribution is 5.91. The van der Waals surface area contributed by atoms with Gasteiger partial charge in [0, 0.05) is 4.91 Å². The van der Waals surface area contributed by atoms with Crippen LogP contribution in [0.1, 0.15) is 27.5 Å². The minimum Gasteiger partial charge on any atom is -0.465 e. The molecule has 1 N–H and O–H groups in total. The second kappa shape index (κ2) is 5.89. The summed E-state index contributed by atoms with van der Waals surface area (Å²) in [5, 5.41) is 12.5. The summed E-state index contributed by atoms with van der Waals surface area (Å²) < 4.78 is 4.62. The molecule has 0 heterocycles. The number of hydrogen-bond donors (Lipinski definition) is 1. The third-order valence-corrected chi connectivity index (χ3v) is 2.40. The van der Waals surface area contributed by atoms with Crippen LogP contribution in [0.4, 0.5) is 0 Å². The summed E-state index contributed by atoms with van der Waals surface area (Å²) in [7, 11) is 1.31. The second-order valence-electron chi connectivity index (χ2n) is 3.47. The smallest absolute Gasteiger partial charge is 0.338 e. The molecule has 0 spiro atoms. The highest BCUT2D eigenvalue weighted by atomic mass is 16.5. The normalized spacial score (nSPS) is 11.5. The molecule has 0 saturated carbocycles. The Kier molecular flexibility index (Phi) is 4.51. The van der Waals surface area contributed by atoms with Gasteiger partial charge in [-0.1, -0.05) is 17.2 Å². The SMILES string of the molecule is COC(=O)c1ccc(C(CO)N=[N+]=[N-])cc1C. The number of carbonyl (C=O) groups excluding carboxylic acids is 1. The fourth-order valence-electron chi connectivity index (χ4n) is 1.50. The van der Waals surface area contributed by atoms with E-state index >= 15 is 0 Å². The Morgan fingerprint density at radius 1 is 1.65 bits per heavy atom. The van der Waals surface area contributed by atoms with Crippen LogP contribution in [-0.2, 0) is 4.74 Å². The maximum atomic E-state index is 11.4. The van der Waals surface area contributed by atoms with E-state index in [2.05, 4.69) is 14.8 Å². The average molecular weight is 235 g/mol. The number of rotatable bonds is 4. The van der Waals surface area contributed by atoms with Crippen molar-refractivity contribution in [1.29, 1.82) is 0 Å². The van der Waals surface area contributed by atoms with Gasteiger partial charge in [0.2, 0.25) is 0 Å². The number of aryl methyl sites for hydroxylation is 1. The molecule has 0 fully saturated rings. The van der Waals surface area contributed by atoms with Gasteiger partial charge >= 0.3 is 5.97 Å². The molecule has 0 aliphatic carbocycles. The summed E-state index contributed by atoms with van der Waals surface area (Å²) >= 11 is 0. The number of nitrogens with zero attached hydrogens (tertiary/aromatic N) is 3. The van der Waals surface area contributed by atoms with Crippen molar-refractivity contribution in [3.05, 3.63) is 45.3 Å². The van der Waals surface area contributed by atoms with E-state index in [1.807, 2.05) is 0 Å². The van der Waals surface area contributed by atoms with Crippen LogP contribution in [0.15, 0.2) is 23.3 Å². The standard InChI is InChI=1S/C11H13N3O3/c1-7-5-8(10(6-15)13-14-12)3-4-9(7)11(16)17-2/h3-5,10,15H,6H2,1-2H3. The van der Waals surface area contributed by atoms with Crippen molar-refractivity contribution >= 4 is 5.97 Å². The fourth-order valence-corrected chi connectivity index (χ4v) is 1.50. The number of ether oxygens (including phenoxy) is 1. The van der Waals surface area contributed by atoms with E-state index in [-0.39, 0.29) is 6.61 Å². The van der Waals surface area contributed by atoms with Crippen LogP contribution in [-0.4, -0.2) is 24.8 Å². The lowest BCUT2D eigenvalue weighted by atomic mass is 10.0. The first-order valence-electron chi connectivity index (χ1n) is 4.98. The van der Waals surface area contributed by atoms with Crippen molar-refractivity contribution in [1.82, 2.24) is 0 Å². The Bertz CT molecular complexity index is 467. The monoisotopic (exact) mass is 235 g/mol. The van der Waals surface area contributed by atoms with E-state index in [1.54, 1.807) is 25.1 Å². The highest BCUT2D eigenvalue weighted by Gasteiger charge is 2.13. The summed E-state index contributed by atoms with van der Waals surface area (Å²) in [4.78, 5) is 14.0. The van der Waals surface area contributed by atoms with Gasteiger partial charge in [0.1, 0.15) is 0 Å². The van der Waals surface area contributed by atoms with Gasteiger partial charge in [0.15, 0.2) is 0 Å². The summed E-state index contributed by atoms with van der Waals surface area (Å²) in [5.41, 5.74) is 10.2. The number of benzene rings is 1. The van der Waals surface area contributed by atoms with Crippen molar-refractivity contribution in [3.8, 4) is 0 Å². The average Bonchev–Trinajstić information content (AvgIpc) is 2.35. The van der Waals surface area contributed by atoms with Crippen LogP contribution >= 0.6 is 0 Å². The Hall–Kier alpha value is -2.04. The van der Waals surface area contributed by atoms with Gasteiger partial charge in [-0.3, -0.25) is 0 Å². The first kappa shape index (κ1) is 13.0. The van der Waals surface area contributed by atoms with Crippen LogP contribution in [0.25, 0.3) is 10.4 Å². The van der Waals surface area contributed by atoms with Crippen molar-refractivity contribution in [3.63, 3.8) is 0 Å². The quantitative estimate of drug-likeness (QED) is 0.374. The van der Waals surface area contributed by atoms with E-state index < -0.39 is 12.0 Å². The van der Waals surface area contributed by atoms with Crippen molar-refractivity contribution in [2.24, 2.45) is 5.11 Å². The lowest BCUT2D eigenvalue weighted by molar-refractivity contribution is 0.0600. The van der Waals surface area contributed by atoms with Gasteiger partial charge in [0.05, 0.1) is 25.3 Å².